The predicted molar refractivity (Wildman–Crippen MR) is 208 cm³/mol. The molecule has 0 N–H and O–H groups in total. The lowest BCUT2D eigenvalue weighted by molar-refractivity contribution is 0.0273. The summed E-state index contributed by atoms with van der Waals surface area (Å²) in [5.41, 5.74) is 3.69. The lowest BCUT2D eigenvalue weighted by Gasteiger charge is -2.38. The first-order valence-corrected chi connectivity index (χ1v) is 21.6. The molecule has 1 aliphatic rings. The summed E-state index contributed by atoms with van der Waals surface area (Å²) in [4.78, 5) is 27.0. The molecular weight excluding hydrogens is 717 g/mol. The molecule has 0 saturated carbocycles. The molecule has 10 nitrogen and oxygen atoms in total. The van der Waals surface area contributed by atoms with Gasteiger partial charge in [0, 0.05) is 43.6 Å². The van der Waals surface area contributed by atoms with Crippen molar-refractivity contribution in [3.05, 3.63) is 47.7 Å². The van der Waals surface area contributed by atoms with Gasteiger partial charge in [0.1, 0.15) is 36.5 Å². The predicted octanol–water partition coefficient (Wildman–Crippen LogP) is 8.78. The molecule has 1 aliphatic heterocycles. The van der Waals surface area contributed by atoms with Crippen LogP contribution >= 0.6 is 0 Å². The van der Waals surface area contributed by atoms with Crippen LogP contribution in [-0.2, 0) is 20.3 Å². The van der Waals surface area contributed by atoms with Crippen molar-refractivity contribution in [2.75, 3.05) is 38.3 Å². The van der Waals surface area contributed by atoms with Gasteiger partial charge in [-0.05, 0) is 67.4 Å². The van der Waals surface area contributed by atoms with E-state index >= 15 is 8.78 Å². The summed E-state index contributed by atoms with van der Waals surface area (Å²) in [5.74, 6) is 2.39. The van der Waals surface area contributed by atoms with Crippen molar-refractivity contribution in [2.24, 2.45) is 0 Å². The number of pyridine rings is 1. The van der Waals surface area contributed by atoms with Crippen LogP contribution in [0.2, 0.25) is 16.6 Å². The van der Waals surface area contributed by atoms with E-state index in [1.807, 2.05) is 0 Å². The van der Waals surface area contributed by atoms with Gasteiger partial charge in [-0.1, -0.05) is 53.5 Å². The molecule has 53 heavy (non-hydrogen) atoms. The average molecular weight is 766 g/mol. The molecule has 1 fully saturated rings. The third kappa shape index (κ3) is 7.88. The van der Waals surface area contributed by atoms with Crippen molar-refractivity contribution in [1.82, 2.24) is 20.0 Å². The zero-order valence-electron chi connectivity index (χ0n) is 32.4. The average Bonchev–Trinajstić information content (AvgIpc) is 3.57. The van der Waals surface area contributed by atoms with Crippen LogP contribution in [0.15, 0.2) is 35.6 Å². The first-order valence-electron chi connectivity index (χ1n) is 17.8. The molecule has 0 aliphatic carbocycles. The lowest BCUT2D eigenvalue weighted by Crippen LogP contribution is -2.44. The fraction of sp³-hybridized carbons (Fsp3) is 0.487. The van der Waals surface area contributed by atoms with Gasteiger partial charge in [-0.25, -0.2) is 33.5 Å². The van der Waals surface area contributed by atoms with E-state index in [9.17, 15) is 9.00 Å². The Labute approximate surface area is 314 Å². The summed E-state index contributed by atoms with van der Waals surface area (Å²) < 4.78 is 62.7. The van der Waals surface area contributed by atoms with Crippen molar-refractivity contribution in [3.63, 3.8) is 0 Å². The van der Waals surface area contributed by atoms with E-state index in [0.29, 0.717) is 36.0 Å². The summed E-state index contributed by atoms with van der Waals surface area (Å²) >= 11 is 0. The number of fused-ring (bicyclic) bond motifs is 2. The number of hydrazine groups is 1. The molecule has 1 unspecified atom stereocenters. The number of rotatable bonds is 9. The molecule has 284 valence electrons. The highest BCUT2D eigenvalue weighted by Crippen LogP contribution is 2.43. The maximum absolute atomic E-state index is 17.2. The Morgan fingerprint density at radius 2 is 1.72 bits per heavy atom. The second-order valence-electron chi connectivity index (χ2n) is 15.2. The van der Waals surface area contributed by atoms with Crippen LogP contribution in [-0.4, -0.2) is 77.2 Å². The van der Waals surface area contributed by atoms with Crippen LogP contribution < -0.4 is 9.75 Å². The van der Waals surface area contributed by atoms with Crippen molar-refractivity contribution < 1.29 is 32.0 Å². The molecule has 3 heterocycles. The van der Waals surface area contributed by atoms with Gasteiger partial charge in [0.2, 0.25) is 5.16 Å². The molecule has 1 saturated heterocycles. The number of halogens is 2. The molecule has 0 spiro atoms. The zero-order chi connectivity index (χ0) is 39.0. The molecule has 5 rings (SSSR count). The topological polar surface area (TPSA) is 107 Å². The Kier molecular flexibility index (Phi) is 11.8. The monoisotopic (exact) mass is 765 g/mol. The Balaban J connectivity index is 1.89. The van der Waals surface area contributed by atoms with Crippen molar-refractivity contribution in [2.45, 2.75) is 96.1 Å². The smallest absolute Gasteiger partial charge is 0.429 e. The van der Waals surface area contributed by atoms with Crippen LogP contribution in [0.3, 0.4) is 0 Å². The summed E-state index contributed by atoms with van der Waals surface area (Å²) in [7, 11) is -2.49. The highest BCUT2D eigenvalue weighted by atomic mass is 32.2. The molecule has 14 heteroatoms. The highest BCUT2D eigenvalue weighted by Gasteiger charge is 2.42. The number of methoxy groups -OCH3 is 1. The van der Waals surface area contributed by atoms with E-state index < -0.39 is 42.2 Å². The number of nitrogens with zero attached hydrogens (tertiary/aromatic N) is 5. The maximum Gasteiger partial charge on any atom is 0.429 e. The summed E-state index contributed by atoms with van der Waals surface area (Å²) in [6.07, 6.45) is 2.74. The number of anilines is 1. The molecular formula is C39H49F2N5O5SSi. The van der Waals surface area contributed by atoms with Gasteiger partial charge in [-0.15, -0.1) is 5.54 Å². The largest absolute Gasteiger partial charge is 0.468 e. The Morgan fingerprint density at radius 1 is 1.04 bits per heavy atom. The van der Waals surface area contributed by atoms with Crippen LogP contribution in [0.4, 0.5) is 19.4 Å². The number of aromatic nitrogens is 3. The van der Waals surface area contributed by atoms with Crippen molar-refractivity contribution >= 4 is 52.5 Å². The zero-order valence-corrected chi connectivity index (χ0v) is 34.2. The van der Waals surface area contributed by atoms with E-state index in [1.165, 1.54) is 30.6 Å². The molecule has 0 bridgehead atoms. The summed E-state index contributed by atoms with van der Waals surface area (Å²) in [6, 6.07) is 6.27. The normalized spacial score (nSPS) is 14.4. The van der Waals surface area contributed by atoms with E-state index in [4.69, 9.17) is 19.2 Å². The number of carbonyl (C=O) groups is 1. The minimum absolute atomic E-state index is 0.0816. The Morgan fingerprint density at radius 3 is 2.32 bits per heavy atom. The number of hydrogen-bond donors (Lipinski definition) is 0. The number of carbonyl (C=O) groups excluding carboxylic acids is 1. The summed E-state index contributed by atoms with van der Waals surface area (Å²) in [6.45, 7) is 19.0. The van der Waals surface area contributed by atoms with Crippen molar-refractivity contribution in [3.8, 4) is 28.5 Å². The van der Waals surface area contributed by atoms with Gasteiger partial charge in [-0.3, -0.25) is 9.22 Å². The van der Waals surface area contributed by atoms with E-state index in [-0.39, 0.29) is 62.1 Å². The van der Waals surface area contributed by atoms with Gasteiger partial charge in [0.05, 0.1) is 21.7 Å². The molecule has 1 atom stereocenters. The minimum Gasteiger partial charge on any atom is -0.468 e. The van der Waals surface area contributed by atoms with E-state index in [1.54, 1.807) is 44.0 Å². The lowest BCUT2D eigenvalue weighted by atomic mass is 9.95. The third-order valence-electron chi connectivity index (χ3n) is 9.69. The second kappa shape index (κ2) is 15.7. The van der Waals surface area contributed by atoms with Crippen LogP contribution in [0.5, 0.6) is 5.75 Å². The molecule has 1 amide bonds. The van der Waals surface area contributed by atoms with Gasteiger partial charge in [-0.2, -0.15) is 0 Å². The standard InChI is InChI=1S/C39H49F2N5O5SSi/c1-23(2)53(24(3)4,25(5)6)18-15-28-31(40)14-13-26-19-27(50-22-49-10)20-29(32(26)28)34-33(41)35-30(21-42-37(44-35)52(11)48)36(43-34)45-16-12-17-46(45)38(47)51-39(7,8)9/h13-14,19-21,23-25H,12,16-17,22H2,1-11H3. The van der Waals surface area contributed by atoms with Crippen LogP contribution in [0.25, 0.3) is 32.9 Å². The highest BCUT2D eigenvalue weighted by molar-refractivity contribution is 7.84. The van der Waals surface area contributed by atoms with Crippen LogP contribution in [0, 0.1) is 23.1 Å². The van der Waals surface area contributed by atoms with E-state index in [0.717, 1.165) is 0 Å². The van der Waals surface area contributed by atoms with Gasteiger partial charge < -0.3 is 14.2 Å². The number of ether oxygens (including phenoxy) is 3. The first kappa shape index (κ1) is 40.0. The maximum atomic E-state index is 17.2. The molecule has 0 radical (unpaired) electrons. The quantitative estimate of drug-likeness (QED) is 0.0716. The number of amides is 1. The molecule has 2 aromatic heterocycles. The number of hydrogen-bond acceptors (Lipinski definition) is 9. The Hall–Kier alpha value is -4.19. The molecule has 2 aromatic carbocycles. The fourth-order valence-corrected chi connectivity index (χ4v) is 13.0. The summed E-state index contributed by atoms with van der Waals surface area (Å²) in [5, 5.41) is 4.04. The van der Waals surface area contributed by atoms with Crippen LogP contribution in [0.1, 0.15) is 74.3 Å². The van der Waals surface area contributed by atoms with Gasteiger partial charge >= 0.3 is 6.09 Å². The number of benzene rings is 2. The third-order valence-corrected chi connectivity index (χ3v) is 16.7. The SMILES string of the molecule is COCOc1cc(-c2nc(N3CCCN3C(=O)OC(C)(C)C)c3cnc(S(C)=O)nc3c2F)c2c(C#C[Si](C(C)C)(C(C)C)C(C)C)c(F)ccc2c1. The fourth-order valence-electron chi connectivity index (χ4n) is 7.41. The first-order chi connectivity index (χ1) is 24.9. The second-order valence-corrected chi connectivity index (χ2v) is 22.1. The van der Waals surface area contributed by atoms with Crippen molar-refractivity contribution in [1.29, 1.82) is 0 Å². The minimum atomic E-state index is -2.33. The Bertz CT molecular complexity index is 2110. The molecule has 4 aromatic rings. The van der Waals surface area contributed by atoms with E-state index in [2.05, 4.69) is 63.0 Å². The van der Waals surface area contributed by atoms with Gasteiger partial charge in [0.15, 0.2) is 18.4 Å². The van der Waals surface area contributed by atoms with Gasteiger partial charge in [0.25, 0.3) is 0 Å².